The average Bonchev–Trinajstić information content (AvgIpc) is 2.29. The maximum atomic E-state index is 5.69. The molecule has 116 valence electrons. The Bertz CT molecular complexity index is 348. The van der Waals surface area contributed by atoms with Crippen LogP contribution in [0.3, 0.4) is 0 Å². The van der Waals surface area contributed by atoms with Gasteiger partial charge in [0, 0.05) is 12.6 Å². The molecule has 1 N–H and O–H groups in total. The number of nitrogens with one attached hydrogen (secondary N) is 1. The molecule has 0 aliphatic heterocycles. The highest BCUT2D eigenvalue weighted by atomic mass is 16.5. The second-order valence-electron chi connectivity index (χ2n) is 8.98. The molecule has 4 saturated carbocycles. The first-order valence-electron chi connectivity index (χ1n) is 8.65. The van der Waals surface area contributed by atoms with Crippen molar-refractivity contribution in [2.24, 2.45) is 22.2 Å². The first-order chi connectivity index (χ1) is 9.40. The van der Waals surface area contributed by atoms with E-state index < -0.39 is 0 Å². The SMILES string of the molecule is CCOCC(CC12CC3CC(C)(CC(C)(C3)C1)C2)NC. The van der Waals surface area contributed by atoms with Crippen LogP contribution in [0.15, 0.2) is 0 Å². The summed E-state index contributed by atoms with van der Waals surface area (Å²) in [6.45, 7) is 8.96. The highest BCUT2D eigenvalue weighted by molar-refractivity contribution is 5.10. The highest BCUT2D eigenvalue weighted by Crippen LogP contribution is 2.70. The zero-order valence-electron chi connectivity index (χ0n) is 13.9. The normalized spacial score (nSPS) is 47.7. The highest BCUT2D eigenvalue weighted by Gasteiger charge is 2.60. The van der Waals surface area contributed by atoms with Crippen LogP contribution in [-0.2, 0) is 4.74 Å². The molecule has 4 aliphatic rings. The maximum Gasteiger partial charge on any atom is 0.0619 e. The van der Waals surface area contributed by atoms with E-state index in [2.05, 4.69) is 33.1 Å². The Balaban J connectivity index is 1.75. The lowest BCUT2D eigenvalue weighted by molar-refractivity contribution is -0.151. The minimum Gasteiger partial charge on any atom is -0.380 e. The van der Waals surface area contributed by atoms with Gasteiger partial charge in [0.2, 0.25) is 0 Å². The van der Waals surface area contributed by atoms with Gasteiger partial charge in [-0.15, -0.1) is 0 Å². The standard InChI is InChI=1S/C18H33NO/c1-5-20-10-15(19-4)9-18-8-14-6-16(2,12-18)11-17(3,7-14)13-18/h14-15,19H,5-13H2,1-4H3. The molecule has 3 atom stereocenters. The Morgan fingerprint density at radius 1 is 1.10 bits per heavy atom. The van der Waals surface area contributed by atoms with E-state index in [0.717, 1.165) is 19.1 Å². The molecule has 0 saturated heterocycles. The van der Waals surface area contributed by atoms with Gasteiger partial charge < -0.3 is 10.1 Å². The van der Waals surface area contributed by atoms with Crippen molar-refractivity contribution < 1.29 is 4.74 Å². The van der Waals surface area contributed by atoms with Crippen LogP contribution >= 0.6 is 0 Å². The van der Waals surface area contributed by atoms with Gasteiger partial charge >= 0.3 is 0 Å². The number of hydrogen-bond donors (Lipinski definition) is 1. The molecule has 0 spiro atoms. The van der Waals surface area contributed by atoms with Crippen LogP contribution in [0.4, 0.5) is 0 Å². The molecule has 3 unspecified atom stereocenters. The molecular weight excluding hydrogens is 246 g/mol. The van der Waals surface area contributed by atoms with Crippen molar-refractivity contribution in [2.45, 2.75) is 71.8 Å². The second kappa shape index (κ2) is 4.98. The van der Waals surface area contributed by atoms with Gasteiger partial charge in [0.1, 0.15) is 0 Å². The van der Waals surface area contributed by atoms with E-state index in [1.165, 1.54) is 44.9 Å². The van der Waals surface area contributed by atoms with E-state index in [-0.39, 0.29) is 0 Å². The monoisotopic (exact) mass is 279 g/mol. The molecule has 0 aromatic carbocycles. The van der Waals surface area contributed by atoms with Gasteiger partial charge in [-0.3, -0.25) is 0 Å². The van der Waals surface area contributed by atoms with Gasteiger partial charge in [-0.1, -0.05) is 13.8 Å². The summed E-state index contributed by atoms with van der Waals surface area (Å²) in [6, 6.07) is 0.540. The molecule has 0 aromatic rings. The van der Waals surface area contributed by atoms with Crippen molar-refractivity contribution in [2.75, 3.05) is 20.3 Å². The van der Waals surface area contributed by atoms with Crippen molar-refractivity contribution in [1.29, 1.82) is 0 Å². The lowest BCUT2D eigenvalue weighted by Crippen LogP contribution is -2.56. The summed E-state index contributed by atoms with van der Waals surface area (Å²) in [5, 5.41) is 3.51. The average molecular weight is 279 g/mol. The maximum absolute atomic E-state index is 5.69. The summed E-state index contributed by atoms with van der Waals surface area (Å²) >= 11 is 0. The van der Waals surface area contributed by atoms with Crippen LogP contribution in [0, 0.1) is 22.2 Å². The number of ether oxygens (including phenoxy) is 1. The molecule has 2 nitrogen and oxygen atoms in total. The fourth-order valence-corrected chi connectivity index (χ4v) is 6.94. The lowest BCUT2D eigenvalue weighted by Gasteiger charge is -2.66. The molecule has 4 bridgehead atoms. The van der Waals surface area contributed by atoms with Crippen molar-refractivity contribution in [3.05, 3.63) is 0 Å². The van der Waals surface area contributed by atoms with E-state index in [4.69, 9.17) is 4.74 Å². The topological polar surface area (TPSA) is 21.3 Å². The first kappa shape index (κ1) is 14.8. The zero-order chi connectivity index (χ0) is 14.4. The fraction of sp³-hybridized carbons (Fsp3) is 1.00. The molecule has 0 amide bonds. The minimum atomic E-state index is 0.540. The van der Waals surface area contributed by atoms with Gasteiger partial charge in [-0.25, -0.2) is 0 Å². The van der Waals surface area contributed by atoms with Crippen LogP contribution < -0.4 is 5.32 Å². The predicted octanol–water partition coefficient (Wildman–Crippen LogP) is 4.00. The van der Waals surface area contributed by atoms with Crippen molar-refractivity contribution in [3.8, 4) is 0 Å². The van der Waals surface area contributed by atoms with E-state index >= 15 is 0 Å². The number of hydrogen-bond acceptors (Lipinski definition) is 2. The van der Waals surface area contributed by atoms with E-state index in [0.29, 0.717) is 22.3 Å². The summed E-state index contributed by atoms with van der Waals surface area (Å²) < 4.78 is 5.69. The van der Waals surface area contributed by atoms with Gasteiger partial charge in [-0.2, -0.15) is 0 Å². The van der Waals surface area contributed by atoms with E-state index in [1.807, 2.05) is 0 Å². The summed E-state index contributed by atoms with van der Waals surface area (Å²) in [4.78, 5) is 0. The summed E-state index contributed by atoms with van der Waals surface area (Å²) in [5.41, 5.74) is 1.88. The van der Waals surface area contributed by atoms with Crippen LogP contribution in [0.5, 0.6) is 0 Å². The van der Waals surface area contributed by atoms with Crippen molar-refractivity contribution >= 4 is 0 Å². The number of rotatable bonds is 6. The molecular formula is C18H33NO. The van der Waals surface area contributed by atoms with E-state index in [1.54, 1.807) is 0 Å². The Morgan fingerprint density at radius 3 is 2.25 bits per heavy atom. The Morgan fingerprint density at radius 2 is 1.75 bits per heavy atom. The summed E-state index contributed by atoms with van der Waals surface area (Å²) in [5.74, 6) is 1.01. The molecule has 0 aromatic heterocycles. The van der Waals surface area contributed by atoms with Gasteiger partial charge in [-0.05, 0) is 81.1 Å². The van der Waals surface area contributed by atoms with Crippen molar-refractivity contribution in [3.63, 3.8) is 0 Å². The molecule has 0 heterocycles. The first-order valence-corrected chi connectivity index (χ1v) is 8.65. The molecule has 4 rings (SSSR count). The third kappa shape index (κ3) is 2.66. The second-order valence-corrected chi connectivity index (χ2v) is 8.98. The van der Waals surface area contributed by atoms with Crippen LogP contribution in [-0.4, -0.2) is 26.3 Å². The molecule has 2 heteroatoms. The lowest BCUT2D eigenvalue weighted by atomic mass is 9.39. The van der Waals surface area contributed by atoms with Crippen LogP contribution in [0.2, 0.25) is 0 Å². The Kier molecular flexibility index (Phi) is 3.70. The Labute approximate surface area is 125 Å². The minimum absolute atomic E-state index is 0.540. The van der Waals surface area contributed by atoms with Gasteiger partial charge in [0.15, 0.2) is 0 Å². The van der Waals surface area contributed by atoms with Crippen LogP contribution in [0.25, 0.3) is 0 Å². The van der Waals surface area contributed by atoms with Gasteiger partial charge in [0.05, 0.1) is 6.61 Å². The third-order valence-corrected chi connectivity index (χ3v) is 6.35. The smallest absolute Gasteiger partial charge is 0.0619 e. The fourth-order valence-electron chi connectivity index (χ4n) is 6.94. The van der Waals surface area contributed by atoms with E-state index in [9.17, 15) is 0 Å². The predicted molar refractivity (Wildman–Crippen MR) is 83.8 cm³/mol. The van der Waals surface area contributed by atoms with Crippen molar-refractivity contribution in [1.82, 2.24) is 5.32 Å². The quantitative estimate of drug-likeness (QED) is 0.793. The Hall–Kier alpha value is -0.0800. The summed E-state index contributed by atoms with van der Waals surface area (Å²) in [7, 11) is 2.10. The molecule has 4 fully saturated rings. The molecule has 20 heavy (non-hydrogen) atoms. The zero-order valence-corrected chi connectivity index (χ0v) is 13.9. The number of likely N-dealkylation sites (N-methyl/N-ethyl adjacent to an activating group) is 1. The van der Waals surface area contributed by atoms with Crippen LogP contribution in [0.1, 0.15) is 65.7 Å². The molecule has 0 radical (unpaired) electrons. The molecule has 4 aliphatic carbocycles. The largest absolute Gasteiger partial charge is 0.380 e. The van der Waals surface area contributed by atoms with Gasteiger partial charge in [0.25, 0.3) is 0 Å². The summed E-state index contributed by atoms with van der Waals surface area (Å²) in [6.07, 6.45) is 10.2. The third-order valence-electron chi connectivity index (χ3n) is 6.35.